The number of rotatable bonds is 6. The number of hydrogen-bond donors (Lipinski definition) is 2. The van der Waals surface area contributed by atoms with Crippen molar-refractivity contribution in [3.05, 3.63) is 35.9 Å². The van der Waals surface area contributed by atoms with Gasteiger partial charge in [0.2, 0.25) is 5.91 Å². The van der Waals surface area contributed by atoms with Crippen molar-refractivity contribution in [2.75, 3.05) is 20.6 Å². The normalized spacial score (nSPS) is 18.4. The topological polar surface area (TPSA) is 58.4 Å². The third-order valence-electron chi connectivity index (χ3n) is 5.17. The lowest BCUT2D eigenvalue weighted by Crippen LogP contribution is -2.53. The standard InChI is InChI=1S/C19H31N3O.2ClH/c1-19(20,16-12-8-5-9-13-16)18(23)21-14-17(22(2)3)15-10-6-4-7-11-15;;/h5,8-9,12-13,15,17H,4,6-7,10-11,14,20H2,1-3H3,(H,21,23);2*1H. The molecule has 1 fully saturated rings. The second-order valence-corrected chi connectivity index (χ2v) is 7.21. The number of likely N-dealkylation sites (N-methyl/N-ethyl adjacent to an activating group) is 1. The monoisotopic (exact) mass is 389 g/mol. The van der Waals surface area contributed by atoms with Crippen molar-refractivity contribution in [3.63, 3.8) is 0 Å². The van der Waals surface area contributed by atoms with E-state index < -0.39 is 5.54 Å². The summed E-state index contributed by atoms with van der Waals surface area (Å²) in [5, 5.41) is 3.09. The Kier molecular flexibility index (Phi) is 10.7. The number of carbonyl (C=O) groups is 1. The Morgan fingerprint density at radius 1 is 1.20 bits per heavy atom. The smallest absolute Gasteiger partial charge is 0.244 e. The molecule has 6 heteroatoms. The molecule has 3 N–H and O–H groups in total. The van der Waals surface area contributed by atoms with Crippen LogP contribution in [0.3, 0.4) is 0 Å². The van der Waals surface area contributed by atoms with E-state index in [2.05, 4.69) is 24.3 Å². The lowest BCUT2D eigenvalue weighted by Gasteiger charge is -2.35. The van der Waals surface area contributed by atoms with Gasteiger partial charge in [0.1, 0.15) is 5.54 Å². The number of benzene rings is 1. The zero-order valence-electron chi connectivity index (χ0n) is 15.5. The van der Waals surface area contributed by atoms with Crippen molar-refractivity contribution in [2.45, 2.75) is 50.6 Å². The van der Waals surface area contributed by atoms with E-state index in [1.54, 1.807) is 6.92 Å². The van der Waals surface area contributed by atoms with Crippen LogP contribution in [-0.2, 0) is 10.3 Å². The predicted octanol–water partition coefficient (Wildman–Crippen LogP) is 3.33. The first-order valence-electron chi connectivity index (χ1n) is 8.72. The lowest BCUT2D eigenvalue weighted by molar-refractivity contribution is -0.126. The van der Waals surface area contributed by atoms with Crippen molar-refractivity contribution >= 4 is 30.7 Å². The Morgan fingerprint density at radius 3 is 2.28 bits per heavy atom. The molecule has 1 aliphatic rings. The Morgan fingerprint density at radius 2 is 1.76 bits per heavy atom. The van der Waals surface area contributed by atoms with Gasteiger partial charge in [-0.3, -0.25) is 4.79 Å². The van der Waals surface area contributed by atoms with E-state index in [0.717, 1.165) is 5.56 Å². The molecular weight excluding hydrogens is 357 g/mol. The quantitative estimate of drug-likeness (QED) is 0.784. The van der Waals surface area contributed by atoms with Gasteiger partial charge in [0, 0.05) is 12.6 Å². The van der Waals surface area contributed by atoms with Crippen LogP contribution in [-0.4, -0.2) is 37.5 Å². The summed E-state index contributed by atoms with van der Waals surface area (Å²) in [6, 6.07) is 9.96. The minimum absolute atomic E-state index is 0. The van der Waals surface area contributed by atoms with Crippen LogP contribution in [0.15, 0.2) is 30.3 Å². The third kappa shape index (κ3) is 6.45. The number of amides is 1. The zero-order chi connectivity index (χ0) is 16.9. The molecule has 0 aliphatic heterocycles. The van der Waals surface area contributed by atoms with Crippen LogP contribution in [0.4, 0.5) is 0 Å². The number of nitrogens with one attached hydrogen (secondary N) is 1. The fraction of sp³-hybridized carbons (Fsp3) is 0.632. The molecule has 2 atom stereocenters. The van der Waals surface area contributed by atoms with E-state index in [1.807, 2.05) is 30.3 Å². The van der Waals surface area contributed by atoms with Crippen molar-refractivity contribution in [1.29, 1.82) is 0 Å². The Balaban J connectivity index is 0.00000288. The molecule has 0 radical (unpaired) electrons. The molecule has 4 nitrogen and oxygen atoms in total. The molecule has 2 rings (SSSR count). The molecular formula is C19H33Cl2N3O. The number of nitrogens with two attached hydrogens (primary N) is 1. The maximum absolute atomic E-state index is 12.6. The average Bonchev–Trinajstić information content (AvgIpc) is 2.56. The highest BCUT2D eigenvalue weighted by atomic mass is 35.5. The first-order valence-corrected chi connectivity index (χ1v) is 8.72. The van der Waals surface area contributed by atoms with Crippen molar-refractivity contribution in [1.82, 2.24) is 10.2 Å². The number of halogens is 2. The summed E-state index contributed by atoms with van der Waals surface area (Å²) in [5.74, 6) is 0.561. The first kappa shape index (κ1) is 24.2. The van der Waals surface area contributed by atoms with Crippen LogP contribution in [0.1, 0.15) is 44.6 Å². The molecule has 1 amide bonds. The molecule has 2 unspecified atom stereocenters. The molecule has 144 valence electrons. The minimum Gasteiger partial charge on any atom is -0.353 e. The average molecular weight is 390 g/mol. The van der Waals surface area contributed by atoms with Crippen molar-refractivity contribution < 1.29 is 4.79 Å². The molecule has 0 aromatic heterocycles. The van der Waals surface area contributed by atoms with Gasteiger partial charge in [-0.25, -0.2) is 0 Å². The second-order valence-electron chi connectivity index (χ2n) is 7.21. The second kappa shape index (κ2) is 11.0. The number of nitrogens with zero attached hydrogens (tertiary/aromatic N) is 1. The van der Waals surface area contributed by atoms with E-state index in [4.69, 9.17) is 5.73 Å². The molecule has 0 heterocycles. The predicted molar refractivity (Wildman–Crippen MR) is 110 cm³/mol. The first-order chi connectivity index (χ1) is 10.9. The van der Waals surface area contributed by atoms with Crippen LogP contribution >= 0.6 is 24.8 Å². The van der Waals surface area contributed by atoms with E-state index in [0.29, 0.717) is 18.5 Å². The van der Waals surface area contributed by atoms with Gasteiger partial charge in [0.15, 0.2) is 0 Å². The maximum atomic E-state index is 12.6. The van der Waals surface area contributed by atoms with Gasteiger partial charge in [-0.1, -0.05) is 49.6 Å². The van der Waals surface area contributed by atoms with Gasteiger partial charge in [-0.15, -0.1) is 24.8 Å². The SMILES string of the molecule is CN(C)C(CNC(=O)C(C)(N)c1ccccc1)C1CCCCC1.Cl.Cl. The summed E-state index contributed by atoms with van der Waals surface area (Å²) in [6.45, 7) is 2.44. The largest absolute Gasteiger partial charge is 0.353 e. The Hall–Kier alpha value is -0.810. The molecule has 0 saturated heterocycles. The molecule has 1 aromatic rings. The number of carbonyl (C=O) groups excluding carboxylic acids is 1. The molecule has 1 aliphatic carbocycles. The van der Waals surface area contributed by atoms with E-state index in [-0.39, 0.29) is 30.7 Å². The number of hydrogen-bond acceptors (Lipinski definition) is 3. The fourth-order valence-corrected chi connectivity index (χ4v) is 3.59. The minimum atomic E-state index is -0.995. The van der Waals surface area contributed by atoms with Crippen LogP contribution in [0.5, 0.6) is 0 Å². The summed E-state index contributed by atoms with van der Waals surface area (Å²) in [6.07, 6.45) is 6.48. The molecule has 1 saturated carbocycles. The van der Waals surface area contributed by atoms with Gasteiger partial charge < -0.3 is 16.0 Å². The van der Waals surface area contributed by atoms with Gasteiger partial charge in [0.05, 0.1) is 0 Å². The lowest BCUT2D eigenvalue weighted by atomic mass is 9.83. The van der Waals surface area contributed by atoms with Crippen molar-refractivity contribution in [2.24, 2.45) is 11.7 Å². The van der Waals surface area contributed by atoms with Crippen LogP contribution in [0.25, 0.3) is 0 Å². The molecule has 25 heavy (non-hydrogen) atoms. The van der Waals surface area contributed by atoms with Crippen molar-refractivity contribution in [3.8, 4) is 0 Å². The summed E-state index contributed by atoms with van der Waals surface area (Å²) >= 11 is 0. The fourth-order valence-electron chi connectivity index (χ4n) is 3.59. The molecule has 1 aromatic carbocycles. The van der Waals surface area contributed by atoms with E-state index in [9.17, 15) is 4.79 Å². The summed E-state index contributed by atoms with van der Waals surface area (Å²) < 4.78 is 0. The van der Waals surface area contributed by atoms with Gasteiger partial charge >= 0.3 is 0 Å². The summed E-state index contributed by atoms with van der Waals surface area (Å²) in [5.41, 5.74) is 6.15. The van der Waals surface area contributed by atoms with E-state index in [1.165, 1.54) is 32.1 Å². The molecule has 0 bridgehead atoms. The van der Waals surface area contributed by atoms with Crippen LogP contribution < -0.4 is 11.1 Å². The Bertz CT molecular complexity index is 503. The van der Waals surface area contributed by atoms with Gasteiger partial charge in [0.25, 0.3) is 0 Å². The summed E-state index contributed by atoms with van der Waals surface area (Å²) in [7, 11) is 4.20. The highest BCUT2D eigenvalue weighted by Gasteiger charge is 2.32. The molecule has 0 spiro atoms. The van der Waals surface area contributed by atoms with Crippen LogP contribution in [0.2, 0.25) is 0 Å². The summed E-state index contributed by atoms with van der Waals surface area (Å²) in [4.78, 5) is 14.9. The van der Waals surface area contributed by atoms with Gasteiger partial charge in [-0.2, -0.15) is 0 Å². The Labute approximate surface area is 164 Å². The zero-order valence-corrected chi connectivity index (χ0v) is 17.2. The van der Waals surface area contributed by atoms with E-state index >= 15 is 0 Å². The maximum Gasteiger partial charge on any atom is 0.244 e. The highest BCUT2D eigenvalue weighted by Crippen LogP contribution is 2.28. The highest BCUT2D eigenvalue weighted by molar-refractivity contribution is 5.87. The third-order valence-corrected chi connectivity index (χ3v) is 5.17. The van der Waals surface area contributed by atoms with Crippen LogP contribution in [0, 0.1) is 5.92 Å². The van der Waals surface area contributed by atoms with Gasteiger partial charge in [-0.05, 0) is 45.3 Å².